The number of thioether (sulfide) groups is 1. The number of benzene rings is 3. The molecule has 4 rings (SSSR count). The number of anilines is 1. The molecule has 0 radical (unpaired) electrons. The van der Waals surface area contributed by atoms with E-state index in [0.29, 0.717) is 22.6 Å². The van der Waals surface area contributed by atoms with Crippen molar-refractivity contribution in [2.24, 2.45) is 0 Å². The zero-order valence-electron chi connectivity index (χ0n) is 17.2. The van der Waals surface area contributed by atoms with Gasteiger partial charge in [-0.2, -0.15) is 0 Å². The first kappa shape index (κ1) is 20.2. The van der Waals surface area contributed by atoms with E-state index in [4.69, 9.17) is 4.98 Å². The molecule has 3 aromatic carbocycles. The third kappa shape index (κ3) is 3.71. The van der Waals surface area contributed by atoms with E-state index in [-0.39, 0.29) is 11.5 Å². The molecule has 4 aromatic rings. The topological polar surface area (TPSA) is 55.2 Å². The van der Waals surface area contributed by atoms with Crippen LogP contribution in [0.15, 0.2) is 76.7 Å². The van der Waals surface area contributed by atoms with Crippen LogP contribution in [0.2, 0.25) is 0 Å². The fraction of sp³-hybridized carbons (Fsp3) is 0.208. The van der Waals surface area contributed by atoms with Crippen LogP contribution in [0.5, 0.6) is 0 Å². The van der Waals surface area contributed by atoms with Gasteiger partial charge in [-0.1, -0.05) is 54.2 Å². The molecule has 0 bridgehead atoms. The van der Waals surface area contributed by atoms with Crippen molar-refractivity contribution in [1.29, 1.82) is 0 Å². The highest BCUT2D eigenvalue weighted by molar-refractivity contribution is 8.00. The molecular weight excluding hydrogens is 394 g/mol. The predicted octanol–water partition coefficient (Wildman–Crippen LogP) is 4.71. The molecule has 0 N–H and O–H groups in total. The van der Waals surface area contributed by atoms with Crippen molar-refractivity contribution < 1.29 is 4.79 Å². The van der Waals surface area contributed by atoms with Crippen molar-refractivity contribution in [2.45, 2.75) is 30.8 Å². The summed E-state index contributed by atoms with van der Waals surface area (Å²) in [7, 11) is 1.77. The van der Waals surface area contributed by atoms with E-state index in [1.165, 1.54) is 11.8 Å². The Labute approximate surface area is 179 Å². The summed E-state index contributed by atoms with van der Waals surface area (Å²) in [6.45, 7) is 4.26. The highest BCUT2D eigenvalue weighted by atomic mass is 32.2. The van der Waals surface area contributed by atoms with Crippen LogP contribution in [-0.2, 0) is 11.3 Å². The highest BCUT2D eigenvalue weighted by Crippen LogP contribution is 2.27. The van der Waals surface area contributed by atoms with Gasteiger partial charge < -0.3 is 4.90 Å². The molecule has 1 aromatic heterocycles. The fourth-order valence-electron chi connectivity index (χ4n) is 3.52. The van der Waals surface area contributed by atoms with Gasteiger partial charge in [0.25, 0.3) is 5.56 Å². The first-order chi connectivity index (χ1) is 14.5. The Morgan fingerprint density at radius 2 is 1.70 bits per heavy atom. The molecule has 152 valence electrons. The van der Waals surface area contributed by atoms with Crippen molar-refractivity contribution in [3.63, 3.8) is 0 Å². The zero-order valence-corrected chi connectivity index (χ0v) is 18.0. The summed E-state index contributed by atoms with van der Waals surface area (Å²) in [5.74, 6) is -0.0401. The summed E-state index contributed by atoms with van der Waals surface area (Å²) < 4.78 is 1.65. The normalized spacial score (nSPS) is 12.2. The molecule has 0 aliphatic heterocycles. The van der Waals surface area contributed by atoms with Crippen molar-refractivity contribution >= 4 is 45.0 Å². The number of rotatable bonds is 5. The van der Waals surface area contributed by atoms with E-state index in [1.807, 2.05) is 80.6 Å². The van der Waals surface area contributed by atoms with E-state index in [2.05, 4.69) is 0 Å². The lowest BCUT2D eigenvalue weighted by atomic mass is 10.1. The number of carbonyl (C=O) groups is 1. The molecule has 30 heavy (non-hydrogen) atoms. The van der Waals surface area contributed by atoms with Gasteiger partial charge in [0.1, 0.15) is 0 Å². The van der Waals surface area contributed by atoms with Crippen LogP contribution in [0.4, 0.5) is 5.69 Å². The molecule has 0 unspecified atom stereocenters. The first-order valence-corrected chi connectivity index (χ1v) is 10.8. The molecule has 1 atom stereocenters. The second-order valence-corrected chi connectivity index (χ2v) is 8.46. The van der Waals surface area contributed by atoms with Crippen molar-refractivity contribution in [3.05, 3.63) is 77.1 Å². The van der Waals surface area contributed by atoms with E-state index in [1.54, 1.807) is 16.5 Å². The summed E-state index contributed by atoms with van der Waals surface area (Å²) in [6, 6.07) is 21.3. The Morgan fingerprint density at radius 1 is 1.07 bits per heavy atom. The summed E-state index contributed by atoms with van der Waals surface area (Å²) in [5.41, 5.74) is 1.41. The van der Waals surface area contributed by atoms with Gasteiger partial charge in [-0.3, -0.25) is 14.2 Å². The lowest BCUT2D eigenvalue weighted by Gasteiger charge is -2.22. The standard InChI is InChI=1S/C24H23N3O2S/c1-4-27-23(29)20-14-17-10-8-9-11-18(17)15-21(20)25-24(27)30-16(2)22(28)26(3)19-12-6-5-7-13-19/h5-16H,4H2,1-3H3/t16-/m1/s1. The molecule has 6 heteroatoms. The number of aromatic nitrogens is 2. The SMILES string of the molecule is CCn1c(S[C@H](C)C(=O)N(C)c2ccccc2)nc2cc3ccccc3cc2c1=O. The van der Waals surface area contributed by atoms with Gasteiger partial charge in [-0.05, 0) is 48.9 Å². The number of amides is 1. The molecule has 0 aliphatic rings. The Morgan fingerprint density at radius 3 is 2.37 bits per heavy atom. The second kappa shape index (κ2) is 8.32. The smallest absolute Gasteiger partial charge is 0.262 e. The summed E-state index contributed by atoms with van der Waals surface area (Å²) >= 11 is 1.32. The van der Waals surface area contributed by atoms with Crippen LogP contribution in [0.1, 0.15) is 13.8 Å². The van der Waals surface area contributed by atoms with Crippen LogP contribution >= 0.6 is 11.8 Å². The predicted molar refractivity (Wildman–Crippen MR) is 124 cm³/mol. The lowest BCUT2D eigenvalue weighted by molar-refractivity contribution is -0.117. The largest absolute Gasteiger partial charge is 0.315 e. The molecule has 0 aliphatic carbocycles. The van der Waals surface area contributed by atoms with Crippen LogP contribution in [0, 0.1) is 0 Å². The van der Waals surface area contributed by atoms with Crippen molar-refractivity contribution in [2.75, 3.05) is 11.9 Å². The third-order valence-electron chi connectivity index (χ3n) is 5.21. The number of fused-ring (bicyclic) bond motifs is 2. The molecule has 5 nitrogen and oxygen atoms in total. The van der Waals surface area contributed by atoms with E-state index < -0.39 is 5.25 Å². The lowest BCUT2D eigenvalue weighted by Crippen LogP contribution is -2.34. The molecule has 0 spiro atoms. The van der Waals surface area contributed by atoms with Gasteiger partial charge in [0.05, 0.1) is 16.2 Å². The van der Waals surface area contributed by atoms with Gasteiger partial charge in [-0.25, -0.2) is 4.98 Å². The number of carbonyl (C=O) groups excluding carboxylic acids is 1. The van der Waals surface area contributed by atoms with Gasteiger partial charge in [-0.15, -0.1) is 0 Å². The van der Waals surface area contributed by atoms with Crippen LogP contribution in [0.25, 0.3) is 21.7 Å². The van der Waals surface area contributed by atoms with Gasteiger partial charge in [0, 0.05) is 19.3 Å². The van der Waals surface area contributed by atoms with Crippen LogP contribution < -0.4 is 10.5 Å². The van der Waals surface area contributed by atoms with E-state index >= 15 is 0 Å². The summed E-state index contributed by atoms with van der Waals surface area (Å²) in [4.78, 5) is 32.5. The average Bonchev–Trinajstić information content (AvgIpc) is 2.78. The molecule has 0 saturated heterocycles. The second-order valence-electron chi connectivity index (χ2n) is 7.15. The van der Waals surface area contributed by atoms with Crippen molar-refractivity contribution in [3.8, 4) is 0 Å². The summed E-state index contributed by atoms with van der Waals surface area (Å²) in [5, 5.41) is 2.82. The molecule has 1 heterocycles. The maximum atomic E-state index is 13.1. The Hall–Kier alpha value is -3.12. The Kier molecular flexibility index (Phi) is 5.59. The third-order valence-corrected chi connectivity index (χ3v) is 6.28. The van der Waals surface area contributed by atoms with Gasteiger partial charge >= 0.3 is 0 Å². The fourth-order valence-corrected chi connectivity index (χ4v) is 4.58. The highest BCUT2D eigenvalue weighted by Gasteiger charge is 2.22. The molecular formula is C24H23N3O2S. The number of nitrogens with zero attached hydrogens (tertiary/aromatic N) is 3. The number of hydrogen-bond acceptors (Lipinski definition) is 4. The Bertz CT molecular complexity index is 1280. The minimum Gasteiger partial charge on any atom is -0.315 e. The van der Waals surface area contributed by atoms with Crippen molar-refractivity contribution in [1.82, 2.24) is 9.55 Å². The molecule has 0 saturated carbocycles. The van der Waals surface area contributed by atoms with Gasteiger partial charge in [0.15, 0.2) is 5.16 Å². The zero-order chi connectivity index (χ0) is 21.3. The number of hydrogen-bond donors (Lipinski definition) is 0. The maximum Gasteiger partial charge on any atom is 0.262 e. The van der Waals surface area contributed by atoms with Crippen LogP contribution in [0.3, 0.4) is 0 Å². The summed E-state index contributed by atoms with van der Waals surface area (Å²) in [6.07, 6.45) is 0. The van der Waals surface area contributed by atoms with Gasteiger partial charge in [0.2, 0.25) is 5.91 Å². The quantitative estimate of drug-likeness (QED) is 0.268. The minimum absolute atomic E-state index is 0.0401. The van der Waals surface area contributed by atoms with Crippen LogP contribution in [-0.4, -0.2) is 27.8 Å². The Balaban J connectivity index is 1.71. The number of para-hydroxylation sites is 1. The van der Waals surface area contributed by atoms with E-state index in [9.17, 15) is 9.59 Å². The molecule has 0 fully saturated rings. The first-order valence-electron chi connectivity index (χ1n) is 9.92. The molecule has 1 amide bonds. The minimum atomic E-state index is -0.391. The average molecular weight is 418 g/mol. The van der Waals surface area contributed by atoms with E-state index in [0.717, 1.165) is 16.5 Å². The monoisotopic (exact) mass is 417 g/mol. The maximum absolute atomic E-state index is 13.1.